The largest absolute Gasteiger partial charge is 0.494 e. The van der Waals surface area contributed by atoms with E-state index in [1.165, 1.54) is 31.3 Å². The summed E-state index contributed by atoms with van der Waals surface area (Å²) in [5.41, 5.74) is 2.39. The van der Waals surface area contributed by atoms with Gasteiger partial charge in [-0.3, -0.25) is 4.79 Å². The number of nitrogens with zero attached hydrogens (tertiary/aromatic N) is 1. The van der Waals surface area contributed by atoms with Crippen LogP contribution in [0.2, 0.25) is 0 Å². The number of aromatic nitrogens is 1. The van der Waals surface area contributed by atoms with Gasteiger partial charge in [-0.2, -0.15) is 0 Å². The Balaban J connectivity index is 2.23. The van der Waals surface area contributed by atoms with Crippen molar-refractivity contribution in [1.82, 2.24) is 9.88 Å². The number of hydrogen-bond acceptors (Lipinski definition) is 4. The fourth-order valence-corrected chi connectivity index (χ4v) is 2.72. The molecule has 1 aromatic heterocycles. The Morgan fingerprint density at radius 2 is 1.92 bits per heavy atom. The van der Waals surface area contributed by atoms with Crippen LogP contribution >= 0.6 is 0 Å². The first-order valence-electron chi connectivity index (χ1n) is 7.65. The number of carbonyl (C=O) groups is 2. The number of H-pyrrole nitrogens is 1. The number of ether oxygens (including phenoxy) is 2. The van der Waals surface area contributed by atoms with Crippen LogP contribution < -0.4 is 4.74 Å². The van der Waals surface area contributed by atoms with E-state index in [2.05, 4.69) is 4.98 Å². The second-order valence-corrected chi connectivity index (χ2v) is 5.75. The summed E-state index contributed by atoms with van der Waals surface area (Å²) in [6.07, 6.45) is 0. The third-order valence-corrected chi connectivity index (χ3v) is 4.02. The molecule has 0 aliphatic heterocycles. The molecule has 0 radical (unpaired) electrons. The molecule has 0 aliphatic carbocycles. The lowest BCUT2D eigenvalue weighted by Gasteiger charge is -2.17. The number of methoxy groups -OCH3 is 2. The lowest BCUT2D eigenvalue weighted by atomic mass is 10.1. The van der Waals surface area contributed by atoms with E-state index in [1.54, 1.807) is 27.0 Å². The highest BCUT2D eigenvalue weighted by atomic mass is 19.1. The molecule has 7 heteroatoms. The van der Waals surface area contributed by atoms with E-state index in [4.69, 9.17) is 9.47 Å². The number of halogens is 1. The quantitative estimate of drug-likeness (QED) is 0.844. The van der Waals surface area contributed by atoms with Crippen LogP contribution in [0.25, 0.3) is 0 Å². The highest BCUT2D eigenvalue weighted by Gasteiger charge is 2.24. The van der Waals surface area contributed by atoms with Crippen molar-refractivity contribution in [2.75, 3.05) is 21.3 Å². The van der Waals surface area contributed by atoms with Crippen LogP contribution in [-0.2, 0) is 11.3 Å². The molecule has 1 heterocycles. The van der Waals surface area contributed by atoms with E-state index >= 15 is 0 Å². The van der Waals surface area contributed by atoms with E-state index in [9.17, 15) is 14.0 Å². The highest BCUT2D eigenvalue weighted by molar-refractivity contribution is 6.00. The molecule has 25 heavy (non-hydrogen) atoms. The summed E-state index contributed by atoms with van der Waals surface area (Å²) in [6.45, 7) is 3.60. The third-order valence-electron chi connectivity index (χ3n) is 4.02. The second kappa shape index (κ2) is 7.38. The van der Waals surface area contributed by atoms with E-state index in [0.717, 1.165) is 0 Å². The summed E-state index contributed by atoms with van der Waals surface area (Å²) in [5.74, 6) is -1.13. The molecule has 0 saturated carbocycles. The summed E-state index contributed by atoms with van der Waals surface area (Å²) in [4.78, 5) is 28.9. The number of nitrogens with one attached hydrogen (secondary N) is 1. The first-order valence-corrected chi connectivity index (χ1v) is 7.65. The summed E-state index contributed by atoms with van der Waals surface area (Å²) in [6, 6.07) is 4.54. The maximum Gasteiger partial charge on any atom is 0.339 e. The Morgan fingerprint density at radius 3 is 2.48 bits per heavy atom. The molecule has 1 aromatic carbocycles. The van der Waals surface area contributed by atoms with Gasteiger partial charge in [0.15, 0.2) is 11.6 Å². The predicted molar refractivity (Wildman–Crippen MR) is 90.4 cm³/mol. The van der Waals surface area contributed by atoms with Gasteiger partial charge in [0, 0.05) is 19.3 Å². The third kappa shape index (κ3) is 3.65. The van der Waals surface area contributed by atoms with Crippen LogP contribution in [0.5, 0.6) is 5.75 Å². The molecule has 134 valence electrons. The van der Waals surface area contributed by atoms with Crippen molar-refractivity contribution in [2.24, 2.45) is 0 Å². The molecule has 2 rings (SSSR count). The fourth-order valence-electron chi connectivity index (χ4n) is 2.72. The molecule has 0 atom stereocenters. The topological polar surface area (TPSA) is 71.6 Å². The molecule has 0 aliphatic rings. The van der Waals surface area contributed by atoms with Crippen LogP contribution in [0, 0.1) is 19.7 Å². The minimum atomic E-state index is -0.495. The van der Waals surface area contributed by atoms with Crippen molar-refractivity contribution in [1.29, 1.82) is 0 Å². The Kier molecular flexibility index (Phi) is 5.46. The number of aromatic amines is 1. The Morgan fingerprint density at radius 1 is 1.24 bits per heavy atom. The van der Waals surface area contributed by atoms with Crippen LogP contribution in [0.4, 0.5) is 4.39 Å². The maximum atomic E-state index is 13.8. The van der Waals surface area contributed by atoms with Crippen LogP contribution in [0.1, 0.15) is 37.7 Å². The number of benzene rings is 1. The predicted octanol–water partition coefficient (Wildman–Crippen LogP) is 2.84. The first kappa shape index (κ1) is 18.5. The van der Waals surface area contributed by atoms with Gasteiger partial charge in [0.05, 0.1) is 19.8 Å². The summed E-state index contributed by atoms with van der Waals surface area (Å²) >= 11 is 0. The molecule has 0 fully saturated rings. The zero-order valence-electron chi connectivity index (χ0n) is 14.9. The molecule has 0 bridgehead atoms. The average Bonchev–Trinajstić information content (AvgIpc) is 2.88. The molecule has 6 nitrogen and oxygen atoms in total. The number of esters is 1. The molecular weight excluding hydrogens is 327 g/mol. The van der Waals surface area contributed by atoms with E-state index in [-0.39, 0.29) is 18.2 Å². The second-order valence-electron chi connectivity index (χ2n) is 5.75. The standard InChI is InChI=1S/C18H21FN2O4/c1-10-15(18(23)25-5)11(2)20-16(10)17(22)21(3)9-12-6-7-14(24-4)13(19)8-12/h6-8,20H,9H2,1-5H3. The fraction of sp³-hybridized carbons (Fsp3) is 0.333. The highest BCUT2D eigenvalue weighted by Crippen LogP contribution is 2.22. The number of rotatable bonds is 5. The number of carbonyl (C=O) groups excluding carboxylic acids is 2. The van der Waals surface area contributed by atoms with Crippen molar-refractivity contribution in [3.05, 3.63) is 52.1 Å². The van der Waals surface area contributed by atoms with Gasteiger partial charge in [-0.1, -0.05) is 6.07 Å². The van der Waals surface area contributed by atoms with Gasteiger partial charge in [0.25, 0.3) is 5.91 Å². The molecule has 1 amide bonds. The van der Waals surface area contributed by atoms with Crippen molar-refractivity contribution in [3.8, 4) is 5.75 Å². The van der Waals surface area contributed by atoms with Gasteiger partial charge in [-0.05, 0) is 37.1 Å². The van der Waals surface area contributed by atoms with Crippen molar-refractivity contribution in [3.63, 3.8) is 0 Å². The minimum absolute atomic E-state index is 0.149. The van der Waals surface area contributed by atoms with Crippen LogP contribution in [-0.4, -0.2) is 43.0 Å². The SMILES string of the molecule is COC(=O)c1c(C)[nH]c(C(=O)N(C)Cc2ccc(OC)c(F)c2)c1C. The van der Waals surface area contributed by atoms with Gasteiger partial charge in [0.2, 0.25) is 0 Å². The first-order chi connectivity index (χ1) is 11.8. The summed E-state index contributed by atoms with van der Waals surface area (Å²) < 4.78 is 23.4. The molecule has 2 aromatic rings. The lowest BCUT2D eigenvalue weighted by Crippen LogP contribution is -2.27. The summed E-state index contributed by atoms with van der Waals surface area (Å²) in [7, 11) is 4.29. The normalized spacial score (nSPS) is 10.5. The monoisotopic (exact) mass is 348 g/mol. The van der Waals surface area contributed by atoms with E-state index in [0.29, 0.717) is 28.1 Å². The zero-order valence-corrected chi connectivity index (χ0v) is 14.9. The van der Waals surface area contributed by atoms with E-state index in [1.807, 2.05) is 0 Å². The maximum absolute atomic E-state index is 13.8. The number of aryl methyl sites for hydroxylation is 1. The minimum Gasteiger partial charge on any atom is -0.494 e. The Bertz CT molecular complexity index is 814. The number of hydrogen-bond donors (Lipinski definition) is 1. The lowest BCUT2D eigenvalue weighted by molar-refractivity contribution is 0.0599. The van der Waals surface area contributed by atoms with Gasteiger partial charge < -0.3 is 19.4 Å². The van der Waals surface area contributed by atoms with Crippen molar-refractivity contribution < 1.29 is 23.5 Å². The van der Waals surface area contributed by atoms with Crippen LogP contribution in [0.3, 0.4) is 0 Å². The molecular formula is C18H21FN2O4. The molecule has 0 saturated heterocycles. The number of amides is 1. The Hall–Kier alpha value is -2.83. The van der Waals surface area contributed by atoms with Crippen molar-refractivity contribution in [2.45, 2.75) is 20.4 Å². The zero-order chi connectivity index (χ0) is 18.7. The molecule has 0 spiro atoms. The summed E-state index contributed by atoms with van der Waals surface area (Å²) in [5, 5.41) is 0. The van der Waals surface area contributed by atoms with Crippen LogP contribution in [0.15, 0.2) is 18.2 Å². The van der Waals surface area contributed by atoms with Gasteiger partial charge in [0.1, 0.15) is 5.69 Å². The van der Waals surface area contributed by atoms with Gasteiger partial charge in [-0.15, -0.1) is 0 Å². The van der Waals surface area contributed by atoms with Gasteiger partial charge >= 0.3 is 5.97 Å². The molecule has 0 unspecified atom stereocenters. The van der Waals surface area contributed by atoms with Crippen molar-refractivity contribution >= 4 is 11.9 Å². The molecule has 1 N–H and O–H groups in total. The van der Waals surface area contributed by atoms with E-state index < -0.39 is 11.8 Å². The van der Waals surface area contributed by atoms with Gasteiger partial charge in [-0.25, -0.2) is 9.18 Å². The average molecular weight is 348 g/mol. The smallest absolute Gasteiger partial charge is 0.339 e. The Labute approximate surface area is 145 Å².